The molecule has 0 saturated carbocycles. The lowest BCUT2D eigenvalue weighted by molar-refractivity contribution is 0.201. The first-order chi connectivity index (χ1) is 8.99. The summed E-state index contributed by atoms with van der Waals surface area (Å²) in [6.07, 6.45) is 2.08. The highest BCUT2D eigenvalue weighted by Gasteiger charge is 2.23. The smallest absolute Gasteiger partial charge is 0.315 e. The second-order valence-electron chi connectivity index (χ2n) is 4.88. The summed E-state index contributed by atoms with van der Waals surface area (Å²) in [6.45, 7) is 6.53. The second-order valence-corrected chi connectivity index (χ2v) is 5.94. The molecular weight excluding hydrogens is 262 g/mol. The zero-order valence-corrected chi connectivity index (χ0v) is 12.6. The van der Waals surface area contributed by atoms with E-state index in [1.54, 1.807) is 11.3 Å². The first-order valence-electron chi connectivity index (χ1n) is 6.57. The predicted molar refractivity (Wildman–Crippen MR) is 77.5 cm³/mol. The normalized spacial score (nSPS) is 13.9. The van der Waals surface area contributed by atoms with Crippen molar-refractivity contribution in [2.24, 2.45) is 0 Å². The summed E-state index contributed by atoms with van der Waals surface area (Å²) >= 11 is 1.62. The van der Waals surface area contributed by atoms with Gasteiger partial charge in [-0.25, -0.2) is 9.78 Å². The Bertz CT molecular complexity index is 408. The van der Waals surface area contributed by atoms with E-state index in [4.69, 9.17) is 5.11 Å². The van der Waals surface area contributed by atoms with Crippen molar-refractivity contribution in [3.63, 3.8) is 0 Å². The molecule has 108 valence electrons. The van der Waals surface area contributed by atoms with Crippen LogP contribution in [0.25, 0.3) is 0 Å². The van der Waals surface area contributed by atoms with Gasteiger partial charge in [-0.15, -0.1) is 11.3 Å². The van der Waals surface area contributed by atoms with Crippen LogP contribution in [0.5, 0.6) is 0 Å². The predicted octanol–water partition coefficient (Wildman–Crippen LogP) is 1.84. The van der Waals surface area contributed by atoms with E-state index in [1.165, 1.54) is 0 Å². The SMILES string of the molecule is CCC(C)(CCO)NC(=O)NCCc1csc(C)n1. The van der Waals surface area contributed by atoms with Gasteiger partial charge in [0.2, 0.25) is 0 Å². The first kappa shape index (κ1) is 15.9. The van der Waals surface area contributed by atoms with E-state index in [1.807, 2.05) is 26.2 Å². The molecule has 0 radical (unpaired) electrons. The molecule has 0 bridgehead atoms. The van der Waals surface area contributed by atoms with E-state index in [2.05, 4.69) is 15.6 Å². The number of urea groups is 1. The minimum absolute atomic E-state index is 0.0721. The molecule has 0 aliphatic carbocycles. The fraction of sp³-hybridized carbons (Fsp3) is 0.692. The Morgan fingerprint density at radius 3 is 2.84 bits per heavy atom. The van der Waals surface area contributed by atoms with E-state index in [0.717, 1.165) is 23.5 Å². The Hall–Kier alpha value is -1.14. The topological polar surface area (TPSA) is 74.2 Å². The van der Waals surface area contributed by atoms with Gasteiger partial charge in [-0.2, -0.15) is 0 Å². The standard InChI is InChI=1S/C13H23N3O2S/c1-4-13(3,6-8-17)16-12(18)14-7-5-11-9-19-10(2)15-11/h9,17H,4-8H2,1-3H3,(H2,14,16,18). The van der Waals surface area contributed by atoms with Crippen molar-refractivity contribution >= 4 is 17.4 Å². The van der Waals surface area contributed by atoms with Crippen LogP contribution in [0.15, 0.2) is 5.38 Å². The fourth-order valence-corrected chi connectivity index (χ4v) is 2.37. The van der Waals surface area contributed by atoms with Crippen LogP contribution in [0.3, 0.4) is 0 Å². The molecule has 0 aliphatic heterocycles. The molecule has 1 heterocycles. The van der Waals surface area contributed by atoms with Gasteiger partial charge in [-0.1, -0.05) is 6.92 Å². The zero-order valence-electron chi connectivity index (χ0n) is 11.8. The monoisotopic (exact) mass is 285 g/mol. The second kappa shape index (κ2) is 7.45. The van der Waals surface area contributed by atoms with Gasteiger partial charge in [-0.3, -0.25) is 0 Å². The van der Waals surface area contributed by atoms with Gasteiger partial charge in [0.05, 0.1) is 10.7 Å². The van der Waals surface area contributed by atoms with Crippen LogP contribution in [0.4, 0.5) is 4.79 Å². The maximum absolute atomic E-state index is 11.8. The number of amides is 2. The number of aliphatic hydroxyl groups is 1. The van der Waals surface area contributed by atoms with Gasteiger partial charge in [-0.05, 0) is 26.7 Å². The van der Waals surface area contributed by atoms with E-state index >= 15 is 0 Å². The van der Waals surface area contributed by atoms with Crippen molar-refractivity contribution in [1.82, 2.24) is 15.6 Å². The molecule has 1 rings (SSSR count). The van der Waals surface area contributed by atoms with Gasteiger partial charge in [0.25, 0.3) is 0 Å². The maximum atomic E-state index is 11.8. The number of nitrogens with one attached hydrogen (secondary N) is 2. The molecule has 6 heteroatoms. The van der Waals surface area contributed by atoms with Crippen LogP contribution in [0, 0.1) is 6.92 Å². The molecule has 0 fully saturated rings. The largest absolute Gasteiger partial charge is 0.396 e. The van der Waals surface area contributed by atoms with E-state index in [0.29, 0.717) is 13.0 Å². The summed E-state index contributed by atoms with van der Waals surface area (Å²) in [5.74, 6) is 0. The van der Waals surface area contributed by atoms with Gasteiger partial charge < -0.3 is 15.7 Å². The summed E-state index contributed by atoms with van der Waals surface area (Å²) in [5.41, 5.74) is 0.659. The molecule has 0 saturated heterocycles. The number of nitrogens with zero attached hydrogens (tertiary/aromatic N) is 1. The molecule has 0 spiro atoms. The number of aromatic nitrogens is 1. The van der Waals surface area contributed by atoms with Crippen LogP contribution in [0.1, 0.15) is 37.4 Å². The lowest BCUT2D eigenvalue weighted by atomic mass is 9.95. The molecule has 0 aromatic carbocycles. The number of thiazole rings is 1. The lowest BCUT2D eigenvalue weighted by Gasteiger charge is -2.28. The van der Waals surface area contributed by atoms with Crippen LogP contribution in [0.2, 0.25) is 0 Å². The summed E-state index contributed by atoms with van der Waals surface area (Å²) < 4.78 is 0. The van der Waals surface area contributed by atoms with Crippen molar-refractivity contribution < 1.29 is 9.90 Å². The number of hydrogen-bond acceptors (Lipinski definition) is 4. The quantitative estimate of drug-likeness (QED) is 0.715. The molecular formula is C13H23N3O2S. The summed E-state index contributed by atoms with van der Waals surface area (Å²) in [7, 11) is 0. The van der Waals surface area contributed by atoms with Crippen LogP contribution < -0.4 is 10.6 Å². The third-order valence-corrected chi connectivity index (χ3v) is 4.01. The molecule has 2 amide bonds. The average Bonchev–Trinajstić information content (AvgIpc) is 2.75. The molecule has 1 aromatic heterocycles. The number of rotatable bonds is 7. The maximum Gasteiger partial charge on any atom is 0.315 e. The third-order valence-electron chi connectivity index (χ3n) is 3.19. The molecule has 0 aliphatic rings. The number of aryl methyl sites for hydroxylation is 1. The van der Waals surface area contributed by atoms with Gasteiger partial charge in [0.1, 0.15) is 0 Å². The molecule has 1 aromatic rings. The number of aliphatic hydroxyl groups excluding tert-OH is 1. The molecule has 1 atom stereocenters. The Kier molecular flexibility index (Phi) is 6.24. The highest BCUT2D eigenvalue weighted by molar-refractivity contribution is 7.09. The Labute approximate surface area is 118 Å². The Morgan fingerprint density at radius 2 is 2.32 bits per heavy atom. The average molecular weight is 285 g/mol. The number of carbonyl (C=O) groups is 1. The van der Waals surface area contributed by atoms with Gasteiger partial charge in [0.15, 0.2) is 0 Å². The van der Waals surface area contributed by atoms with Crippen molar-refractivity contribution in [2.75, 3.05) is 13.2 Å². The van der Waals surface area contributed by atoms with E-state index in [9.17, 15) is 4.79 Å². The van der Waals surface area contributed by atoms with Crippen molar-refractivity contribution in [3.8, 4) is 0 Å². The summed E-state index contributed by atoms with van der Waals surface area (Å²) in [5, 5.41) is 17.8. The first-order valence-corrected chi connectivity index (χ1v) is 7.45. The van der Waals surface area contributed by atoms with Crippen LogP contribution in [-0.4, -0.2) is 34.8 Å². The lowest BCUT2D eigenvalue weighted by Crippen LogP contribution is -2.50. The van der Waals surface area contributed by atoms with Gasteiger partial charge in [0, 0.05) is 30.5 Å². The Morgan fingerprint density at radius 1 is 1.58 bits per heavy atom. The Balaban J connectivity index is 2.31. The van der Waals surface area contributed by atoms with E-state index < -0.39 is 0 Å². The van der Waals surface area contributed by atoms with Crippen molar-refractivity contribution in [3.05, 3.63) is 16.1 Å². The number of hydrogen-bond donors (Lipinski definition) is 3. The van der Waals surface area contributed by atoms with Crippen LogP contribution in [-0.2, 0) is 6.42 Å². The molecule has 19 heavy (non-hydrogen) atoms. The third kappa shape index (κ3) is 5.57. The highest BCUT2D eigenvalue weighted by Crippen LogP contribution is 2.13. The number of carbonyl (C=O) groups excluding carboxylic acids is 1. The summed E-state index contributed by atoms with van der Waals surface area (Å²) in [6, 6.07) is -0.190. The zero-order chi connectivity index (χ0) is 14.3. The van der Waals surface area contributed by atoms with Gasteiger partial charge >= 0.3 is 6.03 Å². The summed E-state index contributed by atoms with van der Waals surface area (Å²) in [4.78, 5) is 16.1. The van der Waals surface area contributed by atoms with E-state index in [-0.39, 0.29) is 18.2 Å². The van der Waals surface area contributed by atoms with Crippen molar-refractivity contribution in [1.29, 1.82) is 0 Å². The highest BCUT2D eigenvalue weighted by atomic mass is 32.1. The van der Waals surface area contributed by atoms with Crippen molar-refractivity contribution in [2.45, 2.75) is 45.6 Å². The van der Waals surface area contributed by atoms with Crippen LogP contribution >= 0.6 is 11.3 Å². The molecule has 3 N–H and O–H groups in total. The minimum atomic E-state index is -0.351. The molecule has 5 nitrogen and oxygen atoms in total. The minimum Gasteiger partial charge on any atom is -0.396 e. The fourth-order valence-electron chi connectivity index (χ4n) is 1.72. The molecule has 1 unspecified atom stereocenters.